The summed E-state index contributed by atoms with van der Waals surface area (Å²) in [5, 5.41) is 2.46. The second-order valence-corrected chi connectivity index (χ2v) is 4.49. The van der Waals surface area contributed by atoms with Crippen molar-refractivity contribution in [2.75, 3.05) is 6.61 Å². The zero-order chi connectivity index (χ0) is 15.9. The highest BCUT2D eigenvalue weighted by molar-refractivity contribution is 5.89. The Morgan fingerprint density at radius 2 is 2.00 bits per heavy atom. The van der Waals surface area contributed by atoms with Crippen LogP contribution < -0.4 is 5.32 Å². The summed E-state index contributed by atoms with van der Waals surface area (Å²) in [7, 11) is 0. The Hall–Kier alpha value is -2.83. The molecule has 22 heavy (non-hydrogen) atoms. The van der Waals surface area contributed by atoms with Crippen LogP contribution in [0.4, 0.5) is 4.39 Å². The highest BCUT2D eigenvalue weighted by Gasteiger charge is 2.12. The second-order valence-electron chi connectivity index (χ2n) is 4.49. The molecule has 1 aromatic heterocycles. The molecule has 1 heterocycles. The summed E-state index contributed by atoms with van der Waals surface area (Å²) in [5.41, 5.74) is 1.04. The summed E-state index contributed by atoms with van der Waals surface area (Å²) in [4.78, 5) is 30.9. The molecule has 6 nitrogen and oxygen atoms in total. The van der Waals surface area contributed by atoms with Crippen LogP contribution in [0.3, 0.4) is 0 Å². The van der Waals surface area contributed by atoms with E-state index < -0.39 is 24.3 Å². The SMILES string of the molecule is Cc1cnc(C(=O)OCC(=O)NCc2ccccc2F)cn1. The van der Waals surface area contributed by atoms with Crippen molar-refractivity contribution in [1.82, 2.24) is 15.3 Å². The van der Waals surface area contributed by atoms with E-state index in [9.17, 15) is 14.0 Å². The van der Waals surface area contributed by atoms with E-state index in [2.05, 4.69) is 15.3 Å². The molecule has 1 amide bonds. The summed E-state index contributed by atoms with van der Waals surface area (Å²) < 4.78 is 18.2. The number of nitrogens with zero attached hydrogens (tertiary/aromatic N) is 2. The van der Waals surface area contributed by atoms with Gasteiger partial charge in [0.1, 0.15) is 5.82 Å². The Morgan fingerprint density at radius 1 is 1.23 bits per heavy atom. The monoisotopic (exact) mass is 303 g/mol. The zero-order valence-corrected chi connectivity index (χ0v) is 11.9. The third-order valence-corrected chi connectivity index (χ3v) is 2.76. The van der Waals surface area contributed by atoms with Crippen molar-refractivity contribution < 1.29 is 18.7 Å². The van der Waals surface area contributed by atoms with Gasteiger partial charge in [-0.25, -0.2) is 14.2 Å². The van der Waals surface area contributed by atoms with Gasteiger partial charge in [-0.1, -0.05) is 18.2 Å². The largest absolute Gasteiger partial charge is 0.451 e. The molecule has 1 N–H and O–H groups in total. The Labute approximate surface area is 126 Å². The Bertz CT molecular complexity index is 674. The van der Waals surface area contributed by atoms with Gasteiger partial charge in [-0.3, -0.25) is 9.78 Å². The van der Waals surface area contributed by atoms with Gasteiger partial charge in [0, 0.05) is 18.3 Å². The molecule has 0 saturated heterocycles. The predicted molar refractivity (Wildman–Crippen MR) is 75.3 cm³/mol. The molecular weight excluding hydrogens is 289 g/mol. The fourth-order valence-electron chi connectivity index (χ4n) is 1.59. The third-order valence-electron chi connectivity index (χ3n) is 2.76. The quantitative estimate of drug-likeness (QED) is 0.844. The second kappa shape index (κ2) is 7.26. The van der Waals surface area contributed by atoms with E-state index in [-0.39, 0.29) is 12.2 Å². The fraction of sp³-hybridized carbons (Fsp3) is 0.200. The van der Waals surface area contributed by atoms with Crippen molar-refractivity contribution >= 4 is 11.9 Å². The lowest BCUT2D eigenvalue weighted by atomic mass is 10.2. The van der Waals surface area contributed by atoms with E-state index in [1.807, 2.05) is 0 Å². The van der Waals surface area contributed by atoms with Gasteiger partial charge in [0.25, 0.3) is 5.91 Å². The van der Waals surface area contributed by atoms with E-state index in [1.54, 1.807) is 25.1 Å². The normalized spacial score (nSPS) is 10.1. The van der Waals surface area contributed by atoms with Crippen LogP contribution in [0.15, 0.2) is 36.7 Å². The lowest BCUT2D eigenvalue weighted by molar-refractivity contribution is -0.124. The first-order valence-electron chi connectivity index (χ1n) is 6.52. The van der Waals surface area contributed by atoms with Crippen LogP contribution in [0, 0.1) is 12.7 Å². The summed E-state index contributed by atoms with van der Waals surface area (Å²) in [6, 6.07) is 6.09. The standard InChI is InChI=1S/C15H14FN3O3/c1-10-6-18-13(8-17-10)15(21)22-9-14(20)19-7-11-4-2-3-5-12(11)16/h2-6,8H,7,9H2,1H3,(H,19,20). The van der Waals surface area contributed by atoms with Gasteiger partial charge in [0.15, 0.2) is 12.3 Å². The molecule has 0 spiro atoms. The molecule has 0 aliphatic heterocycles. The fourth-order valence-corrected chi connectivity index (χ4v) is 1.59. The summed E-state index contributed by atoms with van der Waals surface area (Å²) in [6.45, 7) is 1.29. The third kappa shape index (κ3) is 4.34. The van der Waals surface area contributed by atoms with Crippen molar-refractivity contribution in [3.8, 4) is 0 Å². The van der Waals surface area contributed by atoms with Gasteiger partial charge >= 0.3 is 5.97 Å². The van der Waals surface area contributed by atoms with Crippen molar-refractivity contribution in [3.05, 3.63) is 59.4 Å². The molecule has 2 rings (SSSR count). The molecule has 0 radical (unpaired) electrons. The molecule has 0 bridgehead atoms. The Morgan fingerprint density at radius 3 is 2.68 bits per heavy atom. The first-order chi connectivity index (χ1) is 10.6. The maximum absolute atomic E-state index is 13.4. The number of benzene rings is 1. The minimum absolute atomic E-state index is 0.0208. The van der Waals surface area contributed by atoms with Gasteiger partial charge in [0.05, 0.1) is 11.9 Å². The van der Waals surface area contributed by atoms with E-state index in [0.717, 1.165) is 0 Å². The zero-order valence-electron chi connectivity index (χ0n) is 11.9. The molecular formula is C15H14FN3O3. The lowest BCUT2D eigenvalue weighted by Gasteiger charge is -2.07. The van der Waals surface area contributed by atoms with E-state index >= 15 is 0 Å². The van der Waals surface area contributed by atoms with E-state index in [1.165, 1.54) is 18.5 Å². The van der Waals surface area contributed by atoms with E-state index in [0.29, 0.717) is 11.3 Å². The first kappa shape index (κ1) is 15.6. The number of esters is 1. The van der Waals surface area contributed by atoms with Gasteiger partial charge in [0.2, 0.25) is 0 Å². The molecule has 0 unspecified atom stereocenters. The number of halogens is 1. The number of carbonyl (C=O) groups is 2. The maximum atomic E-state index is 13.4. The number of hydrogen-bond donors (Lipinski definition) is 1. The highest BCUT2D eigenvalue weighted by atomic mass is 19.1. The molecule has 0 fully saturated rings. The maximum Gasteiger partial charge on any atom is 0.359 e. The average molecular weight is 303 g/mol. The minimum Gasteiger partial charge on any atom is -0.451 e. The van der Waals surface area contributed by atoms with Gasteiger partial charge < -0.3 is 10.1 Å². The van der Waals surface area contributed by atoms with Crippen LogP contribution in [-0.2, 0) is 16.1 Å². The first-order valence-corrected chi connectivity index (χ1v) is 6.52. The number of ether oxygens (including phenoxy) is 1. The molecule has 0 atom stereocenters. The van der Waals surface area contributed by atoms with E-state index in [4.69, 9.17) is 4.74 Å². The van der Waals surface area contributed by atoms with Crippen molar-refractivity contribution in [3.63, 3.8) is 0 Å². The summed E-state index contributed by atoms with van der Waals surface area (Å²) >= 11 is 0. The minimum atomic E-state index is -0.742. The van der Waals surface area contributed by atoms with Crippen LogP contribution >= 0.6 is 0 Å². The van der Waals surface area contributed by atoms with Gasteiger partial charge in [-0.2, -0.15) is 0 Å². The molecule has 0 aliphatic carbocycles. The summed E-state index contributed by atoms with van der Waals surface area (Å²) in [5.74, 6) is -1.68. The number of carbonyl (C=O) groups excluding carboxylic acids is 2. The van der Waals surface area contributed by atoms with Crippen LogP contribution in [0.5, 0.6) is 0 Å². The van der Waals surface area contributed by atoms with Crippen LogP contribution in [0.25, 0.3) is 0 Å². The molecule has 0 aliphatic rings. The number of hydrogen-bond acceptors (Lipinski definition) is 5. The average Bonchev–Trinajstić information content (AvgIpc) is 2.52. The molecule has 2 aromatic rings. The smallest absolute Gasteiger partial charge is 0.359 e. The number of aromatic nitrogens is 2. The topological polar surface area (TPSA) is 81.2 Å². The van der Waals surface area contributed by atoms with Crippen LogP contribution in [0.1, 0.15) is 21.7 Å². The molecule has 7 heteroatoms. The number of aryl methyl sites for hydroxylation is 1. The highest BCUT2D eigenvalue weighted by Crippen LogP contribution is 2.05. The lowest BCUT2D eigenvalue weighted by Crippen LogP contribution is -2.28. The number of rotatable bonds is 5. The molecule has 1 aromatic carbocycles. The van der Waals surface area contributed by atoms with Crippen molar-refractivity contribution in [2.45, 2.75) is 13.5 Å². The van der Waals surface area contributed by atoms with Crippen LogP contribution in [-0.4, -0.2) is 28.5 Å². The molecule has 114 valence electrons. The van der Waals surface area contributed by atoms with Crippen molar-refractivity contribution in [1.29, 1.82) is 0 Å². The number of amides is 1. The van der Waals surface area contributed by atoms with Crippen molar-refractivity contribution in [2.24, 2.45) is 0 Å². The summed E-state index contributed by atoms with van der Waals surface area (Å²) in [6.07, 6.45) is 2.70. The van der Waals surface area contributed by atoms with Crippen LogP contribution in [0.2, 0.25) is 0 Å². The number of nitrogens with one attached hydrogen (secondary N) is 1. The Kier molecular flexibility index (Phi) is 5.13. The van der Waals surface area contributed by atoms with Gasteiger partial charge in [-0.15, -0.1) is 0 Å². The molecule has 0 saturated carbocycles. The Balaban J connectivity index is 1.79. The van der Waals surface area contributed by atoms with Gasteiger partial charge in [-0.05, 0) is 13.0 Å². The predicted octanol–water partition coefficient (Wildman–Crippen LogP) is 1.40.